The zero-order valence-electron chi connectivity index (χ0n) is 14.1. The molecule has 5 nitrogen and oxygen atoms in total. The highest BCUT2D eigenvalue weighted by Gasteiger charge is 2.35. The molecule has 0 radical (unpaired) electrons. The number of aromatic nitrogens is 2. The summed E-state index contributed by atoms with van der Waals surface area (Å²) in [5, 5.41) is 6.06. The third-order valence-electron chi connectivity index (χ3n) is 3.82. The monoisotopic (exact) mass is 373 g/mol. The largest absolute Gasteiger partial charge is 0.433 e. The minimum absolute atomic E-state index is 0.233. The Kier molecular flexibility index (Phi) is 4.81. The smallest absolute Gasteiger partial charge is 0.321 e. The Balaban J connectivity index is 1.81. The van der Waals surface area contributed by atoms with Crippen LogP contribution in [0, 0.1) is 0 Å². The second kappa shape index (κ2) is 7.06. The number of hydrogen-bond acceptors (Lipinski definition) is 3. The van der Waals surface area contributed by atoms with Crippen LogP contribution in [-0.4, -0.2) is 21.5 Å². The van der Waals surface area contributed by atoms with Crippen molar-refractivity contribution >= 4 is 17.4 Å². The maximum atomic E-state index is 12.8. The number of hydrogen-bond donors (Lipinski definition) is 1. The van der Waals surface area contributed by atoms with Gasteiger partial charge in [-0.2, -0.15) is 18.3 Å². The highest BCUT2D eigenvalue weighted by atomic mass is 19.4. The number of carbonyl (C=O) groups is 2. The number of ketones is 1. The summed E-state index contributed by atoms with van der Waals surface area (Å²) in [4.78, 5) is 24.7. The predicted molar refractivity (Wildman–Crippen MR) is 92.5 cm³/mol. The molecule has 0 unspecified atom stereocenters. The molecule has 3 rings (SSSR count). The summed E-state index contributed by atoms with van der Waals surface area (Å²) in [6, 6.07) is 15.4. The van der Waals surface area contributed by atoms with Crippen LogP contribution in [0.2, 0.25) is 0 Å². The van der Waals surface area contributed by atoms with Crippen LogP contribution in [0.5, 0.6) is 0 Å². The number of anilines is 1. The van der Waals surface area contributed by atoms with Crippen LogP contribution in [0.15, 0.2) is 60.7 Å². The van der Waals surface area contributed by atoms with Crippen LogP contribution in [0.1, 0.15) is 32.1 Å². The van der Waals surface area contributed by atoms with Gasteiger partial charge in [-0.15, -0.1) is 0 Å². The van der Waals surface area contributed by atoms with E-state index in [4.69, 9.17) is 0 Å². The van der Waals surface area contributed by atoms with Crippen molar-refractivity contribution in [1.29, 1.82) is 0 Å². The molecule has 0 aliphatic rings. The van der Waals surface area contributed by atoms with Crippen LogP contribution in [0.3, 0.4) is 0 Å². The van der Waals surface area contributed by atoms with Crippen molar-refractivity contribution in [3.8, 4) is 0 Å². The van der Waals surface area contributed by atoms with Gasteiger partial charge in [0.05, 0.1) is 0 Å². The zero-order chi connectivity index (χ0) is 19.6. The van der Waals surface area contributed by atoms with E-state index in [1.54, 1.807) is 42.5 Å². The van der Waals surface area contributed by atoms with E-state index in [0.717, 1.165) is 7.05 Å². The summed E-state index contributed by atoms with van der Waals surface area (Å²) in [5.74, 6) is -1.03. The number of alkyl halides is 3. The van der Waals surface area contributed by atoms with Gasteiger partial charge in [-0.05, 0) is 12.1 Å². The number of nitrogens with zero attached hydrogens (tertiary/aromatic N) is 2. The normalized spacial score (nSPS) is 11.3. The molecule has 138 valence electrons. The average Bonchev–Trinajstić information content (AvgIpc) is 3.04. The second-order valence-corrected chi connectivity index (χ2v) is 5.77. The Hall–Kier alpha value is -3.42. The minimum Gasteiger partial charge on any atom is -0.321 e. The number of benzene rings is 2. The van der Waals surface area contributed by atoms with E-state index in [-0.39, 0.29) is 17.2 Å². The van der Waals surface area contributed by atoms with E-state index in [0.29, 0.717) is 21.9 Å². The summed E-state index contributed by atoms with van der Waals surface area (Å²) in [5.41, 5.74) is -0.289. The number of halogens is 3. The van der Waals surface area contributed by atoms with E-state index in [1.165, 1.54) is 12.1 Å². The molecule has 0 saturated carbocycles. The quantitative estimate of drug-likeness (QED) is 0.705. The van der Waals surface area contributed by atoms with Gasteiger partial charge in [-0.25, -0.2) is 0 Å². The Morgan fingerprint density at radius 2 is 1.63 bits per heavy atom. The minimum atomic E-state index is -4.61. The molecule has 8 heteroatoms. The van der Waals surface area contributed by atoms with Crippen molar-refractivity contribution in [2.24, 2.45) is 7.05 Å². The SMILES string of the molecule is Cn1nc(C(=O)Nc2cccc(C(=O)c3ccccc3)c2)cc1C(F)(F)F. The molecule has 0 spiro atoms. The fraction of sp³-hybridized carbons (Fsp3) is 0.105. The van der Waals surface area contributed by atoms with Gasteiger partial charge < -0.3 is 5.32 Å². The Morgan fingerprint density at radius 3 is 2.26 bits per heavy atom. The molecular formula is C19H14F3N3O2. The van der Waals surface area contributed by atoms with Crippen LogP contribution < -0.4 is 5.32 Å². The Labute approximate surface area is 152 Å². The highest BCUT2D eigenvalue weighted by molar-refractivity contribution is 6.10. The molecule has 1 amide bonds. The molecule has 3 aromatic rings. The lowest BCUT2D eigenvalue weighted by molar-refractivity contribution is -0.143. The van der Waals surface area contributed by atoms with E-state index >= 15 is 0 Å². The van der Waals surface area contributed by atoms with E-state index in [2.05, 4.69) is 10.4 Å². The van der Waals surface area contributed by atoms with Gasteiger partial charge in [-0.1, -0.05) is 42.5 Å². The first-order chi connectivity index (χ1) is 12.8. The molecule has 1 N–H and O–H groups in total. The Bertz CT molecular complexity index is 995. The topological polar surface area (TPSA) is 64.0 Å². The molecule has 2 aromatic carbocycles. The maximum absolute atomic E-state index is 12.8. The molecule has 0 aliphatic carbocycles. The average molecular weight is 373 g/mol. The molecule has 0 atom stereocenters. The molecule has 0 aliphatic heterocycles. The Morgan fingerprint density at radius 1 is 0.963 bits per heavy atom. The number of rotatable bonds is 4. The molecule has 1 heterocycles. The fourth-order valence-electron chi connectivity index (χ4n) is 2.53. The van der Waals surface area contributed by atoms with Gasteiger partial charge in [0.25, 0.3) is 5.91 Å². The van der Waals surface area contributed by atoms with Gasteiger partial charge in [0, 0.05) is 29.9 Å². The van der Waals surface area contributed by atoms with E-state index in [1.807, 2.05) is 0 Å². The predicted octanol–water partition coefficient (Wildman–Crippen LogP) is 3.92. The molecule has 27 heavy (non-hydrogen) atoms. The number of nitrogens with one attached hydrogen (secondary N) is 1. The van der Waals surface area contributed by atoms with Gasteiger partial charge in [0.15, 0.2) is 11.5 Å². The molecule has 0 bridgehead atoms. The number of aryl methyl sites for hydroxylation is 1. The highest BCUT2D eigenvalue weighted by Crippen LogP contribution is 2.29. The third-order valence-corrected chi connectivity index (χ3v) is 3.82. The van der Waals surface area contributed by atoms with Crippen molar-refractivity contribution < 1.29 is 22.8 Å². The van der Waals surface area contributed by atoms with Crippen LogP contribution in [0.25, 0.3) is 0 Å². The van der Waals surface area contributed by atoms with Gasteiger partial charge in [-0.3, -0.25) is 14.3 Å². The first-order valence-corrected chi connectivity index (χ1v) is 7.88. The van der Waals surface area contributed by atoms with E-state index in [9.17, 15) is 22.8 Å². The summed E-state index contributed by atoms with van der Waals surface area (Å²) in [6.07, 6.45) is -4.61. The standard InChI is InChI=1S/C19H14F3N3O2/c1-25-16(19(20,21)22)11-15(24-25)18(27)23-14-9-5-8-13(10-14)17(26)12-6-3-2-4-7-12/h2-11H,1H3,(H,23,27). The van der Waals surface area contributed by atoms with Gasteiger partial charge in [0.2, 0.25) is 0 Å². The van der Waals surface area contributed by atoms with Crippen molar-refractivity contribution in [3.05, 3.63) is 83.2 Å². The number of carbonyl (C=O) groups excluding carboxylic acids is 2. The lowest BCUT2D eigenvalue weighted by Gasteiger charge is -2.06. The molecule has 0 fully saturated rings. The second-order valence-electron chi connectivity index (χ2n) is 5.77. The van der Waals surface area contributed by atoms with E-state index < -0.39 is 17.8 Å². The van der Waals surface area contributed by atoms with Crippen molar-refractivity contribution in [2.45, 2.75) is 6.18 Å². The van der Waals surface area contributed by atoms with Crippen LogP contribution in [-0.2, 0) is 13.2 Å². The first-order valence-electron chi connectivity index (χ1n) is 7.88. The van der Waals surface area contributed by atoms with Crippen molar-refractivity contribution in [3.63, 3.8) is 0 Å². The van der Waals surface area contributed by atoms with Gasteiger partial charge >= 0.3 is 6.18 Å². The summed E-state index contributed by atoms with van der Waals surface area (Å²) in [7, 11) is 1.11. The zero-order valence-corrected chi connectivity index (χ0v) is 14.1. The fourth-order valence-corrected chi connectivity index (χ4v) is 2.53. The summed E-state index contributed by atoms with van der Waals surface area (Å²) >= 11 is 0. The van der Waals surface area contributed by atoms with Crippen LogP contribution >= 0.6 is 0 Å². The summed E-state index contributed by atoms with van der Waals surface area (Å²) in [6.45, 7) is 0. The molecule has 0 saturated heterocycles. The third kappa shape index (κ3) is 4.05. The number of amides is 1. The molecule has 1 aromatic heterocycles. The van der Waals surface area contributed by atoms with Gasteiger partial charge in [0.1, 0.15) is 5.69 Å². The maximum Gasteiger partial charge on any atom is 0.433 e. The summed E-state index contributed by atoms with van der Waals surface area (Å²) < 4.78 is 39.1. The lowest BCUT2D eigenvalue weighted by atomic mass is 10.0. The van der Waals surface area contributed by atoms with Crippen LogP contribution in [0.4, 0.5) is 18.9 Å². The lowest BCUT2D eigenvalue weighted by Crippen LogP contribution is -2.13. The van der Waals surface area contributed by atoms with Crippen molar-refractivity contribution in [1.82, 2.24) is 9.78 Å². The first kappa shape index (κ1) is 18.4. The molecular weight excluding hydrogens is 359 g/mol. The van der Waals surface area contributed by atoms with Crippen molar-refractivity contribution in [2.75, 3.05) is 5.32 Å².